The molecule has 0 unspecified atom stereocenters. The van der Waals surface area contributed by atoms with Gasteiger partial charge in [0.05, 0.1) is 11.8 Å². The molecule has 0 radical (unpaired) electrons. The molecular weight excluding hydrogens is 164 g/mol. The molecule has 2 aromatic rings. The third kappa shape index (κ3) is 1.53. The fourth-order valence-electron chi connectivity index (χ4n) is 1.37. The summed E-state index contributed by atoms with van der Waals surface area (Å²) in [7, 11) is 1.95. The number of aromatic nitrogens is 3. The van der Waals surface area contributed by atoms with E-state index in [1.807, 2.05) is 13.1 Å². The van der Waals surface area contributed by atoms with E-state index in [1.165, 1.54) is 5.56 Å². The highest BCUT2D eigenvalue weighted by molar-refractivity contribution is 5.73. The zero-order valence-electron chi connectivity index (χ0n) is 7.54. The summed E-state index contributed by atoms with van der Waals surface area (Å²) in [4.78, 5) is 11.3. The van der Waals surface area contributed by atoms with Gasteiger partial charge in [0.15, 0.2) is 5.65 Å². The van der Waals surface area contributed by atoms with Crippen molar-refractivity contribution in [2.24, 2.45) is 0 Å². The highest BCUT2D eigenvalue weighted by Gasteiger charge is 2.02. The smallest absolute Gasteiger partial charge is 0.177 e. The first-order valence-electron chi connectivity index (χ1n) is 4.33. The number of aromatic amines is 1. The number of rotatable bonds is 3. The number of nitrogens with one attached hydrogen (secondary N) is 2. The summed E-state index contributed by atoms with van der Waals surface area (Å²) in [5, 5.41) is 3.12. The quantitative estimate of drug-likeness (QED) is 0.724. The first-order valence-corrected chi connectivity index (χ1v) is 4.33. The van der Waals surface area contributed by atoms with Crippen LogP contribution in [0.5, 0.6) is 0 Å². The summed E-state index contributed by atoms with van der Waals surface area (Å²) in [6.07, 6.45) is 4.48. The lowest BCUT2D eigenvalue weighted by atomic mass is 10.2. The number of imidazole rings is 1. The van der Waals surface area contributed by atoms with Crippen LogP contribution in [0.15, 0.2) is 18.6 Å². The molecule has 2 aromatic heterocycles. The van der Waals surface area contributed by atoms with Crippen molar-refractivity contribution >= 4 is 11.2 Å². The summed E-state index contributed by atoms with van der Waals surface area (Å²) >= 11 is 0. The zero-order chi connectivity index (χ0) is 9.10. The Morgan fingerprint density at radius 1 is 1.46 bits per heavy atom. The summed E-state index contributed by atoms with van der Waals surface area (Å²) in [5.41, 5.74) is 3.11. The summed E-state index contributed by atoms with van der Waals surface area (Å²) < 4.78 is 0. The van der Waals surface area contributed by atoms with Crippen LogP contribution in [0, 0.1) is 0 Å². The molecule has 0 amide bonds. The van der Waals surface area contributed by atoms with E-state index in [1.54, 1.807) is 12.5 Å². The van der Waals surface area contributed by atoms with Gasteiger partial charge in [0.25, 0.3) is 0 Å². The minimum Gasteiger partial charge on any atom is -0.343 e. The summed E-state index contributed by atoms with van der Waals surface area (Å²) in [6.45, 7) is 0.970. The first-order chi connectivity index (χ1) is 6.42. The molecule has 2 heterocycles. The summed E-state index contributed by atoms with van der Waals surface area (Å²) in [6, 6.07) is 2.03. The molecule has 2 N–H and O–H groups in total. The third-order valence-electron chi connectivity index (χ3n) is 2.06. The van der Waals surface area contributed by atoms with Crippen molar-refractivity contribution in [3.8, 4) is 0 Å². The Bertz CT molecular complexity index is 393. The van der Waals surface area contributed by atoms with E-state index in [0.717, 1.165) is 24.1 Å². The monoisotopic (exact) mass is 176 g/mol. The molecule has 0 atom stereocenters. The Kier molecular flexibility index (Phi) is 2.23. The number of pyridine rings is 1. The molecule has 4 heteroatoms. The predicted molar refractivity (Wildman–Crippen MR) is 51.5 cm³/mol. The standard InChI is InChI=1S/C9H12N4/c1-10-4-2-7-3-5-11-9-8(7)12-6-13-9/h3,5-6,10H,2,4H2,1H3,(H,11,12,13). The SMILES string of the molecule is CNCCc1ccnc2nc[nH]c12. The van der Waals surface area contributed by atoms with Crippen molar-refractivity contribution < 1.29 is 0 Å². The van der Waals surface area contributed by atoms with Crippen molar-refractivity contribution in [1.82, 2.24) is 20.3 Å². The first kappa shape index (κ1) is 8.19. The molecule has 0 aliphatic rings. The second-order valence-electron chi connectivity index (χ2n) is 2.92. The Balaban J connectivity index is 2.37. The minimum atomic E-state index is 0.800. The van der Waals surface area contributed by atoms with Crippen LogP contribution in [-0.2, 0) is 6.42 Å². The molecule has 0 aliphatic heterocycles. The Labute approximate surface area is 76.4 Å². The number of H-pyrrole nitrogens is 1. The van der Waals surface area contributed by atoms with Crippen molar-refractivity contribution in [1.29, 1.82) is 0 Å². The van der Waals surface area contributed by atoms with Gasteiger partial charge in [-0.1, -0.05) is 0 Å². The van der Waals surface area contributed by atoms with E-state index < -0.39 is 0 Å². The molecule has 0 spiro atoms. The van der Waals surface area contributed by atoms with Crippen LogP contribution in [0.25, 0.3) is 11.2 Å². The highest BCUT2D eigenvalue weighted by atomic mass is 14.9. The van der Waals surface area contributed by atoms with E-state index >= 15 is 0 Å². The van der Waals surface area contributed by atoms with Gasteiger partial charge in [0, 0.05) is 6.20 Å². The lowest BCUT2D eigenvalue weighted by molar-refractivity contribution is 0.793. The molecule has 0 saturated carbocycles. The molecule has 13 heavy (non-hydrogen) atoms. The van der Waals surface area contributed by atoms with Crippen molar-refractivity contribution in [2.75, 3.05) is 13.6 Å². The van der Waals surface area contributed by atoms with Crippen LogP contribution in [0.2, 0.25) is 0 Å². The van der Waals surface area contributed by atoms with E-state index in [-0.39, 0.29) is 0 Å². The largest absolute Gasteiger partial charge is 0.343 e. The Hall–Kier alpha value is -1.42. The van der Waals surface area contributed by atoms with Crippen LogP contribution >= 0.6 is 0 Å². The Morgan fingerprint density at radius 3 is 3.23 bits per heavy atom. The van der Waals surface area contributed by atoms with Gasteiger partial charge in [-0.25, -0.2) is 9.97 Å². The molecule has 0 aliphatic carbocycles. The van der Waals surface area contributed by atoms with Crippen molar-refractivity contribution in [3.05, 3.63) is 24.2 Å². The highest BCUT2D eigenvalue weighted by Crippen LogP contribution is 2.11. The number of likely N-dealkylation sites (N-methyl/N-ethyl adjacent to an activating group) is 1. The number of fused-ring (bicyclic) bond motifs is 1. The molecule has 2 rings (SSSR count). The second kappa shape index (κ2) is 3.53. The number of hydrogen-bond acceptors (Lipinski definition) is 3. The molecule has 0 fully saturated rings. The zero-order valence-corrected chi connectivity index (χ0v) is 7.54. The predicted octanol–water partition coefficient (Wildman–Crippen LogP) is 0.720. The lowest BCUT2D eigenvalue weighted by Gasteiger charge is -2.00. The maximum Gasteiger partial charge on any atom is 0.177 e. The molecule has 0 aromatic carbocycles. The average molecular weight is 176 g/mol. The van der Waals surface area contributed by atoms with Gasteiger partial charge >= 0.3 is 0 Å². The van der Waals surface area contributed by atoms with Gasteiger partial charge in [-0.3, -0.25) is 0 Å². The van der Waals surface area contributed by atoms with Crippen LogP contribution < -0.4 is 5.32 Å². The summed E-state index contributed by atoms with van der Waals surface area (Å²) in [5.74, 6) is 0. The normalized spacial score (nSPS) is 10.8. The van der Waals surface area contributed by atoms with Crippen LogP contribution in [0.4, 0.5) is 0 Å². The van der Waals surface area contributed by atoms with Crippen LogP contribution in [0.1, 0.15) is 5.56 Å². The van der Waals surface area contributed by atoms with E-state index in [9.17, 15) is 0 Å². The maximum absolute atomic E-state index is 4.15. The van der Waals surface area contributed by atoms with Gasteiger partial charge in [-0.2, -0.15) is 0 Å². The number of hydrogen-bond donors (Lipinski definition) is 2. The van der Waals surface area contributed by atoms with Crippen molar-refractivity contribution in [2.45, 2.75) is 6.42 Å². The second-order valence-corrected chi connectivity index (χ2v) is 2.92. The van der Waals surface area contributed by atoms with Crippen LogP contribution in [0.3, 0.4) is 0 Å². The molecule has 4 nitrogen and oxygen atoms in total. The van der Waals surface area contributed by atoms with Gasteiger partial charge in [0.1, 0.15) is 0 Å². The van der Waals surface area contributed by atoms with E-state index in [0.29, 0.717) is 0 Å². The van der Waals surface area contributed by atoms with Gasteiger partial charge in [-0.05, 0) is 31.6 Å². The van der Waals surface area contributed by atoms with E-state index in [2.05, 4.69) is 20.3 Å². The fraction of sp³-hybridized carbons (Fsp3) is 0.333. The third-order valence-corrected chi connectivity index (χ3v) is 2.06. The van der Waals surface area contributed by atoms with Gasteiger partial charge < -0.3 is 10.3 Å². The average Bonchev–Trinajstić information content (AvgIpc) is 2.62. The lowest BCUT2D eigenvalue weighted by Crippen LogP contribution is -2.10. The topological polar surface area (TPSA) is 53.6 Å². The fourth-order valence-corrected chi connectivity index (χ4v) is 1.37. The molecular formula is C9H12N4. The number of nitrogens with zero attached hydrogens (tertiary/aromatic N) is 2. The van der Waals surface area contributed by atoms with E-state index in [4.69, 9.17) is 0 Å². The van der Waals surface area contributed by atoms with Gasteiger partial charge in [-0.15, -0.1) is 0 Å². The van der Waals surface area contributed by atoms with Crippen LogP contribution in [-0.4, -0.2) is 28.5 Å². The Morgan fingerprint density at radius 2 is 2.38 bits per heavy atom. The molecule has 0 bridgehead atoms. The molecule has 68 valence electrons. The maximum atomic E-state index is 4.15. The van der Waals surface area contributed by atoms with Crippen molar-refractivity contribution in [3.63, 3.8) is 0 Å². The minimum absolute atomic E-state index is 0.800. The molecule has 0 saturated heterocycles. The van der Waals surface area contributed by atoms with Gasteiger partial charge in [0.2, 0.25) is 0 Å².